The van der Waals surface area contributed by atoms with Gasteiger partial charge in [-0.3, -0.25) is 9.36 Å². The standard InChI is InChI=1S/C11H13N3O3S2/c1-6-3-8(19-7(6)2)4-14-10(17)12-13-11(14)18-5-9(15)16/h3H,4-5H2,1-2H3,(H,12,17)(H,15,16). The van der Waals surface area contributed by atoms with Gasteiger partial charge >= 0.3 is 11.7 Å². The van der Waals surface area contributed by atoms with E-state index >= 15 is 0 Å². The molecule has 0 bridgehead atoms. The van der Waals surface area contributed by atoms with Gasteiger partial charge in [-0.15, -0.1) is 16.4 Å². The van der Waals surface area contributed by atoms with Gasteiger partial charge < -0.3 is 5.11 Å². The highest BCUT2D eigenvalue weighted by Gasteiger charge is 2.12. The van der Waals surface area contributed by atoms with Crippen molar-refractivity contribution in [1.29, 1.82) is 0 Å². The van der Waals surface area contributed by atoms with Crippen LogP contribution < -0.4 is 5.69 Å². The normalized spacial score (nSPS) is 10.8. The zero-order valence-electron chi connectivity index (χ0n) is 10.5. The van der Waals surface area contributed by atoms with Crippen molar-refractivity contribution >= 4 is 29.1 Å². The summed E-state index contributed by atoms with van der Waals surface area (Å²) in [5.41, 5.74) is 0.868. The number of aromatic amines is 1. The number of rotatable bonds is 5. The first-order valence-electron chi connectivity index (χ1n) is 5.53. The molecular weight excluding hydrogens is 286 g/mol. The van der Waals surface area contributed by atoms with Gasteiger partial charge in [0.25, 0.3) is 0 Å². The minimum Gasteiger partial charge on any atom is -0.481 e. The number of hydrogen-bond acceptors (Lipinski definition) is 5. The van der Waals surface area contributed by atoms with Gasteiger partial charge in [-0.2, -0.15) is 0 Å². The van der Waals surface area contributed by atoms with Crippen molar-refractivity contribution in [3.8, 4) is 0 Å². The lowest BCUT2D eigenvalue weighted by Crippen LogP contribution is -2.18. The van der Waals surface area contributed by atoms with E-state index in [0.29, 0.717) is 11.7 Å². The Labute approximate surface area is 117 Å². The molecule has 0 saturated carbocycles. The lowest BCUT2D eigenvalue weighted by atomic mass is 10.3. The second-order valence-corrected chi connectivity index (χ2v) is 6.32. The van der Waals surface area contributed by atoms with E-state index in [4.69, 9.17) is 5.11 Å². The minimum atomic E-state index is -0.935. The molecule has 6 nitrogen and oxygen atoms in total. The predicted octanol–water partition coefficient (Wildman–Crippen LogP) is 1.47. The number of thioether (sulfide) groups is 1. The summed E-state index contributed by atoms with van der Waals surface area (Å²) in [6, 6.07) is 2.03. The molecule has 0 aliphatic rings. The maximum Gasteiger partial charge on any atom is 0.344 e. The number of aromatic nitrogens is 3. The Morgan fingerprint density at radius 1 is 1.58 bits per heavy atom. The number of hydrogen-bond donors (Lipinski definition) is 2. The predicted molar refractivity (Wildman–Crippen MR) is 74.1 cm³/mol. The minimum absolute atomic E-state index is 0.118. The van der Waals surface area contributed by atoms with Gasteiger partial charge in [0.2, 0.25) is 0 Å². The Bertz CT molecular complexity index is 637. The molecule has 0 radical (unpaired) electrons. The first kappa shape index (κ1) is 13.9. The largest absolute Gasteiger partial charge is 0.481 e. The summed E-state index contributed by atoms with van der Waals surface area (Å²) in [4.78, 5) is 24.5. The molecule has 0 aromatic carbocycles. The highest BCUT2D eigenvalue weighted by Crippen LogP contribution is 2.22. The smallest absolute Gasteiger partial charge is 0.344 e. The van der Waals surface area contributed by atoms with Crippen LogP contribution in [0.1, 0.15) is 15.3 Å². The maximum absolute atomic E-state index is 11.7. The van der Waals surface area contributed by atoms with Crippen molar-refractivity contribution in [3.63, 3.8) is 0 Å². The molecule has 0 unspecified atom stereocenters. The molecule has 0 spiro atoms. The van der Waals surface area contributed by atoms with Crippen LogP contribution in [0.4, 0.5) is 0 Å². The van der Waals surface area contributed by atoms with Crippen molar-refractivity contribution in [2.75, 3.05) is 5.75 Å². The van der Waals surface area contributed by atoms with E-state index in [1.807, 2.05) is 19.9 Å². The van der Waals surface area contributed by atoms with Crippen molar-refractivity contribution in [3.05, 3.63) is 31.9 Å². The molecule has 102 valence electrons. The Morgan fingerprint density at radius 2 is 2.32 bits per heavy atom. The van der Waals surface area contributed by atoms with Crippen molar-refractivity contribution in [1.82, 2.24) is 14.8 Å². The number of nitrogens with zero attached hydrogens (tertiary/aromatic N) is 2. The van der Waals surface area contributed by atoms with Gasteiger partial charge in [-0.25, -0.2) is 9.89 Å². The number of carboxylic acid groups (broad SMARTS) is 1. The fourth-order valence-corrected chi connectivity index (χ4v) is 3.27. The molecule has 2 aromatic rings. The molecule has 0 saturated heterocycles. The average molecular weight is 299 g/mol. The monoisotopic (exact) mass is 299 g/mol. The quantitative estimate of drug-likeness (QED) is 0.816. The molecule has 0 fully saturated rings. The molecule has 2 aromatic heterocycles. The third-order valence-corrected chi connectivity index (χ3v) is 4.68. The second kappa shape index (κ2) is 5.62. The van der Waals surface area contributed by atoms with Gasteiger partial charge in [0.05, 0.1) is 12.3 Å². The summed E-state index contributed by atoms with van der Waals surface area (Å²) >= 11 is 2.66. The van der Waals surface area contributed by atoms with Gasteiger partial charge in [0.1, 0.15) is 0 Å². The third kappa shape index (κ3) is 3.27. The number of carbonyl (C=O) groups is 1. The van der Waals surface area contributed by atoms with Crippen LogP contribution in [-0.2, 0) is 11.3 Å². The van der Waals surface area contributed by atoms with Crippen LogP contribution in [0, 0.1) is 13.8 Å². The first-order valence-corrected chi connectivity index (χ1v) is 7.33. The van der Waals surface area contributed by atoms with Crippen LogP contribution in [0.3, 0.4) is 0 Å². The summed E-state index contributed by atoms with van der Waals surface area (Å²) in [5.74, 6) is -1.05. The third-order valence-electron chi connectivity index (χ3n) is 2.58. The topological polar surface area (TPSA) is 88.0 Å². The summed E-state index contributed by atoms with van der Waals surface area (Å²) in [7, 11) is 0. The Hall–Kier alpha value is -1.54. The van der Waals surface area contributed by atoms with Crippen molar-refractivity contribution in [2.45, 2.75) is 25.5 Å². The van der Waals surface area contributed by atoms with E-state index in [1.54, 1.807) is 11.3 Å². The fourth-order valence-electron chi connectivity index (χ4n) is 1.56. The van der Waals surface area contributed by atoms with Gasteiger partial charge in [-0.1, -0.05) is 11.8 Å². The summed E-state index contributed by atoms with van der Waals surface area (Å²) < 4.78 is 1.46. The van der Waals surface area contributed by atoms with Crippen LogP contribution in [0.25, 0.3) is 0 Å². The lowest BCUT2D eigenvalue weighted by molar-refractivity contribution is -0.133. The second-order valence-electron chi connectivity index (χ2n) is 4.03. The molecule has 0 aliphatic heterocycles. The van der Waals surface area contributed by atoms with E-state index in [2.05, 4.69) is 10.2 Å². The zero-order chi connectivity index (χ0) is 14.0. The Balaban J connectivity index is 2.21. The van der Waals surface area contributed by atoms with E-state index in [0.717, 1.165) is 16.6 Å². The van der Waals surface area contributed by atoms with Gasteiger partial charge in [0.15, 0.2) is 5.16 Å². The van der Waals surface area contributed by atoms with Crippen molar-refractivity contribution in [2.24, 2.45) is 0 Å². The average Bonchev–Trinajstić information content (AvgIpc) is 2.83. The van der Waals surface area contributed by atoms with E-state index in [9.17, 15) is 9.59 Å². The molecule has 2 N–H and O–H groups in total. The number of aliphatic carboxylic acids is 1. The van der Waals surface area contributed by atoms with Crippen LogP contribution >= 0.6 is 23.1 Å². The highest BCUT2D eigenvalue weighted by molar-refractivity contribution is 7.99. The molecule has 8 heteroatoms. The number of carboxylic acids is 1. The van der Waals surface area contributed by atoms with E-state index < -0.39 is 5.97 Å². The Kier molecular flexibility index (Phi) is 4.11. The van der Waals surface area contributed by atoms with Crippen LogP contribution in [0.2, 0.25) is 0 Å². The summed E-state index contributed by atoms with van der Waals surface area (Å²) in [5, 5.41) is 15.3. The van der Waals surface area contributed by atoms with Crippen LogP contribution in [0.15, 0.2) is 16.0 Å². The van der Waals surface area contributed by atoms with Crippen LogP contribution in [0.5, 0.6) is 0 Å². The molecular formula is C11H13N3O3S2. The molecule has 2 rings (SSSR count). The summed E-state index contributed by atoms with van der Waals surface area (Å²) in [6.45, 7) is 4.46. The highest BCUT2D eigenvalue weighted by atomic mass is 32.2. The maximum atomic E-state index is 11.7. The number of nitrogens with one attached hydrogen (secondary N) is 1. The fraction of sp³-hybridized carbons (Fsp3) is 0.364. The number of H-pyrrole nitrogens is 1. The SMILES string of the molecule is Cc1cc(Cn2c(SCC(=O)O)n[nH]c2=O)sc1C. The van der Waals surface area contributed by atoms with E-state index in [-0.39, 0.29) is 11.4 Å². The molecule has 0 atom stereocenters. The molecule has 19 heavy (non-hydrogen) atoms. The molecule has 2 heterocycles. The number of thiophene rings is 1. The molecule has 0 amide bonds. The number of aryl methyl sites for hydroxylation is 2. The van der Waals surface area contributed by atoms with E-state index in [1.165, 1.54) is 15.0 Å². The van der Waals surface area contributed by atoms with Crippen LogP contribution in [-0.4, -0.2) is 31.6 Å². The van der Waals surface area contributed by atoms with Gasteiger partial charge in [0, 0.05) is 9.75 Å². The summed E-state index contributed by atoms with van der Waals surface area (Å²) in [6.07, 6.45) is 0. The van der Waals surface area contributed by atoms with Crippen molar-refractivity contribution < 1.29 is 9.90 Å². The van der Waals surface area contributed by atoms with Gasteiger partial charge in [-0.05, 0) is 25.5 Å². The zero-order valence-corrected chi connectivity index (χ0v) is 12.1. The molecule has 0 aliphatic carbocycles. The Morgan fingerprint density at radius 3 is 2.89 bits per heavy atom. The lowest BCUT2D eigenvalue weighted by Gasteiger charge is -2.02. The first-order chi connectivity index (χ1) is 8.97.